The van der Waals surface area contributed by atoms with Crippen LogP contribution in [0.15, 0.2) is 60.8 Å². The number of carbonyl (C=O) groups is 1. The Labute approximate surface area is 161 Å². The summed E-state index contributed by atoms with van der Waals surface area (Å²) in [6, 6.07) is 16.9. The Kier molecular flexibility index (Phi) is 5.68. The summed E-state index contributed by atoms with van der Waals surface area (Å²) in [7, 11) is 1.91. The molecule has 0 aliphatic heterocycles. The van der Waals surface area contributed by atoms with Gasteiger partial charge in [0.2, 0.25) is 5.28 Å². The van der Waals surface area contributed by atoms with Crippen LogP contribution in [0.3, 0.4) is 0 Å². The maximum Gasteiger partial charge on any atom is 0.409 e. The number of rotatable bonds is 5. The summed E-state index contributed by atoms with van der Waals surface area (Å²) >= 11 is 5.87. The van der Waals surface area contributed by atoms with Crippen molar-refractivity contribution in [1.82, 2.24) is 9.97 Å². The molecule has 1 heterocycles. The van der Waals surface area contributed by atoms with Crippen LogP contribution in [0, 0.1) is 0 Å². The van der Waals surface area contributed by atoms with E-state index in [1.807, 2.05) is 54.4 Å². The van der Waals surface area contributed by atoms with E-state index in [1.54, 1.807) is 30.5 Å². The topological polar surface area (TPSA) is 78.4 Å². The van der Waals surface area contributed by atoms with Crippen LogP contribution in [0.25, 0.3) is 12.2 Å². The van der Waals surface area contributed by atoms with Gasteiger partial charge in [0.05, 0.1) is 0 Å². The third-order valence-corrected chi connectivity index (χ3v) is 4.00. The van der Waals surface area contributed by atoms with Crippen LogP contribution in [0.4, 0.5) is 22.0 Å². The zero-order valence-corrected chi connectivity index (χ0v) is 15.3. The van der Waals surface area contributed by atoms with Gasteiger partial charge in [0.25, 0.3) is 0 Å². The van der Waals surface area contributed by atoms with Crippen LogP contribution in [0.1, 0.15) is 11.1 Å². The molecule has 1 aromatic heterocycles. The number of hydrogen-bond acceptors (Lipinski definition) is 4. The van der Waals surface area contributed by atoms with Crippen LogP contribution in [-0.4, -0.2) is 28.2 Å². The summed E-state index contributed by atoms with van der Waals surface area (Å²) < 4.78 is 0. The van der Waals surface area contributed by atoms with Gasteiger partial charge in [0, 0.05) is 24.6 Å². The monoisotopic (exact) mass is 380 g/mol. The number of nitrogens with one attached hydrogen (secondary N) is 1. The highest BCUT2D eigenvalue weighted by molar-refractivity contribution is 6.28. The number of aromatic nitrogens is 2. The third-order valence-electron chi connectivity index (χ3n) is 3.82. The Balaban J connectivity index is 1.79. The van der Waals surface area contributed by atoms with Gasteiger partial charge in [-0.1, -0.05) is 36.4 Å². The van der Waals surface area contributed by atoms with E-state index < -0.39 is 6.09 Å². The Hall–Kier alpha value is -3.38. The molecule has 27 heavy (non-hydrogen) atoms. The number of anilines is 3. The molecule has 0 saturated heterocycles. The van der Waals surface area contributed by atoms with Crippen LogP contribution in [0.5, 0.6) is 0 Å². The van der Waals surface area contributed by atoms with E-state index in [9.17, 15) is 4.79 Å². The molecule has 3 aromatic rings. The second-order valence-electron chi connectivity index (χ2n) is 5.73. The van der Waals surface area contributed by atoms with Crippen molar-refractivity contribution in [3.05, 3.63) is 77.2 Å². The van der Waals surface area contributed by atoms with Crippen LogP contribution < -0.4 is 10.2 Å². The highest BCUT2D eigenvalue weighted by atomic mass is 35.5. The number of carboxylic acid groups (broad SMARTS) is 1. The summed E-state index contributed by atoms with van der Waals surface area (Å²) in [5, 5.41) is 11.4. The SMILES string of the molecule is CN(c1cccc(/C=C/c2cccc(NC(=O)O)c2)c1)c1ccnc(Cl)n1. The lowest BCUT2D eigenvalue weighted by Crippen LogP contribution is -2.11. The Morgan fingerprint density at radius 3 is 2.52 bits per heavy atom. The van der Waals surface area contributed by atoms with Gasteiger partial charge >= 0.3 is 6.09 Å². The predicted octanol–water partition coefficient (Wildman–Crippen LogP) is 5.16. The van der Waals surface area contributed by atoms with Gasteiger partial charge in [-0.3, -0.25) is 5.32 Å². The van der Waals surface area contributed by atoms with Gasteiger partial charge in [0.15, 0.2) is 0 Å². The third kappa shape index (κ3) is 5.05. The molecule has 0 aliphatic rings. The molecule has 3 rings (SSSR count). The molecule has 0 atom stereocenters. The number of nitrogens with zero attached hydrogens (tertiary/aromatic N) is 3. The largest absolute Gasteiger partial charge is 0.465 e. The van der Waals surface area contributed by atoms with E-state index in [-0.39, 0.29) is 5.28 Å². The second-order valence-corrected chi connectivity index (χ2v) is 6.06. The number of halogens is 1. The Morgan fingerprint density at radius 2 is 1.81 bits per heavy atom. The molecule has 0 unspecified atom stereocenters. The van der Waals surface area contributed by atoms with Crippen molar-refractivity contribution in [3.63, 3.8) is 0 Å². The first kappa shape index (κ1) is 18.4. The molecule has 0 spiro atoms. The van der Waals surface area contributed by atoms with Gasteiger partial charge in [-0.2, -0.15) is 0 Å². The van der Waals surface area contributed by atoms with Crippen LogP contribution >= 0.6 is 11.6 Å². The number of hydrogen-bond donors (Lipinski definition) is 2. The molecule has 0 bridgehead atoms. The predicted molar refractivity (Wildman–Crippen MR) is 109 cm³/mol. The second kappa shape index (κ2) is 8.33. The Morgan fingerprint density at radius 1 is 1.11 bits per heavy atom. The van der Waals surface area contributed by atoms with Crippen molar-refractivity contribution < 1.29 is 9.90 Å². The molecule has 2 N–H and O–H groups in total. The summed E-state index contributed by atoms with van der Waals surface area (Å²) in [6.45, 7) is 0. The number of amides is 1. The van der Waals surface area contributed by atoms with E-state index in [0.717, 1.165) is 16.8 Å². The smallest absolute Gasteiger partial charge is 0.409 e. The average Bonchev–Trinajstić information content (AvgIpc) is 2.66. The maximum absolute atomic E-state index is 10.7. The lowest BCUT2D eigenvalue weighted by atomic mass is 10.1. The van der Waals surface area contributed by atoms with Crippen molar-refractivity contribution in [3.8, 4) is 0 Å². The van der Waals surface area contributed by atoms with Gasteiger partial charge in [-0.15, -0.1) is 0 Å². The molecular weight excluding hydrogens is 364 g/mol. The Bertz CT molecular complexity index is 991. The minimum Gasteiger partial charge on any atom is -0.465 e. The van der Waals surface area contributed by atoms with E-state index in [1.165, 1.54) is 0 Å². The molecule has 0 fully saturated rings. The van der Waals surface area contributed by atoms with Gasteiger partial charge in [-0.25, -0.2) is 14.8 Å². The molecule has 0 aliphatic carbocycles. The minimum absolute atomic E-state index is 0.199. The fraction of sp³-hybridized carbons (Fsp3) is 0.0500. The van der Waals surface area contributed by atoms with E-state index >= 15 is 0 Å². The standard InChI is InChI=1S/C20H17ClN4O2/c1-25(18-10-11-22-19(21)24-18)17-7-3-5-15(13-17)9-8-14-4-2-6-16(12-14)23-20(26)27/h2-13,23H,1H3,(H,26,27)/b9-8+. The summed E-state index contributed by atoms with van der Waals surface area (Å²) in [5.74, 6) is 0.698. The summed E-state index contributed by atoms with van der Waals surface area (Å²) in [4.78, 5) is 20.8. The molecule has 6 nitrogen and oxygen atoms in total. The molecule has 2 aromatic carbocycles. The normalized spacial score (nSPS) is 10.7. The van der Waals surface area contributed by atoms with Crippen LogP contribution in [0.2, 0.25) is 5.28 Å². The first-order valence-corrected chi connectivity index (χ1v) is 8.49. The van der Waals surface area contributed by atoms with Gasteiger partial charge in [0.1, 0.15) is 5.82 Å². The van der Waals surface area contributed by atoms with Crippen molar-refractivity contribution in [2.75, 3.05) is 17.3 Å². The molecule has 0 radical (unpaired) electrons. The molecule has 0 saturated carbocycles. The van der Waals surface area contributed by atoms with E-state index in [2.05, 4.69) is 15.3 Å². The number of benzene rings is 2. The zero-order chi connectivity index (χ0) is 19.2. The van der Waals surface area contributed by atoms with E-state index in [0.29, 0.717) is 11.5 Å². The zero-order valence-electron chi connectivity index (χ0n) is 14.5. The molecular formula is C20H17ClN4O2. The molecule has 1 amide bonds. The first-order chi connectivity index (χ1) is 13.0. The van der Waals surface area contributed by atoms with Crippen LogP contribution in [-0.2, 0) is 0 Å². The maximum atomic E-state index is 10.7. The molecule has 136 valence electrons. The van der Waals surface area contributed by atoms with Crippen molar-refractivity contribution in [2.24, 2.45) is 0 Å². The lowest BCUT2D eigenvalue weighted by Gasteiger charge is -2.18. The quantitative estimate of drug-likeness (QED) is 0.472. The highest BCUT2D eigenvalue weighted by Gasteiger charge is 2.06. The molecule has 7 heteroatoms. The fourth-order valence-electron chi connectivity index (χ4n) is 2.52. The highest BCUT2D eigenvalue weighted by Crippen LogP contribution is 2.24. The van der Waals surface area contributed by atoms with Crippen molar-refractivity contribution in [1.29, 1.82) is 0 Å². The average molecular weight is 381 g/mol. The fourth-order valence-corrected chi connectivity index (χ4v) is 2.66. The first-order valence-electron chi connectivity index (χ1n) is 8.12. The van der Waals surface area contributed by atoms with E-state index in [4.69, 9.17) is 16.7 Å². The van der Waals surface area contributed by atoms with Gasteiger partial charge in [-0.05, 0) is 53.1 Å². The van der Waals surface area contributed by atoms with Crippen molar-refractivity contribution in [2.45, 2.75) is 0 Å². The van der Waals surface area contributed by atoms with Crippen molar-refractivity contribution >= 4 is 47.0 Å². The minimum atomic E-state index is -1.09. The summed E-state index contributed by atoms with van der Waals surface area (Å²) in [6.07, 6.45) is 4.41. The van der Waals surface area contributed by atoms with Gasteiger partial charge < -0.3 is 10.0 Å². The lowest BCUT2D eigenvalue weighted by molar-refractivity contribution is 0.210. The summed E-state index contributed by atoms with van der Waals surface area (Å²) in [5.41, 5.74) is 3.37.